The monoisotopic (exact) mass is 596 g/mol. The number of benzene rings is 2. The van der Waals surface area contributed by atoms with Gasteiger partial charge in [0.1, 0.15) is 23.7 Å². The van der Waals surface area contributed by atoms with Gasteiger partial charge in [-0.15, -0.1) is 0 Å². The number of nitrogens with zero attached hydrogens (tertiary/aromatic N) is 4. The number of fused-ring (bicyclic) bond motifs is 1. The minimum absolute atomic E-state index is 0.0157. The molecule has 0 bridgehead atoms. The first-order valence-electron chi connectivity index (χ1n) is 15.2. The van der Waals surface area contributed by atoms with Gasteiger partial charge in [-0.2, -0.15) is 5.10 Å². The Morgan fingerprint density at radius 1 is 0.907 bits per heavy atom. The van der Waals surface area contributed by atoms with Gasteiger partial charge in [0.05, 0.1) is 13.2 Å². The highest BCUT2D eigenvalue weighted by atomic mass is 28.4. The van der Waals surface area contributed by atoms with Gasteiger partial charge in [0.25, 0.3) is 5.91 Å². The lowest BCUT2D eigenvalue weighted by molar-refractivity contribution is 0.0666. The lowest BCUT2D eigenvalue weighted by Gasteiger charge is -2.37. The van der Waals surface area contributed by atoms with Crippen molar-refractivity contribution >= 4 is 14.2 Å². The second kappa shape index (κ2) is 12.5. The first-order valence-corrected chi connectivity index (χ1v) is 18.1. The number of aromatic nitrogens is 3. The largest absolute Gasteiger partial charge is 0.489 e. The van der Waals surface area contributed by atoms with Gasteiger partial charge in [0, 0.05) is 36.6 Å². The lowest BCUT2D eigenvalue weighted by Crippen LogP contribution is -2.46. The molecule has 226 valence electrons. The Kier molecular flexibility index (Phi) is 8.90. The molecular formula is C35H44N4O3Si. The van der Waals surface area contributed by atoms with Crippen LogP contribution in [0.15, 0.2) is 73.1 Å². The second-order valence-electron chi connectivity index (χ2n) is 13.1. The number of pyridine rings is 1. The number of hydrogen-bond acceptors (Lipinski definition) is 5. The highest BCUT2D eigenvalue weighted by molar-refractivity contribution is 6.74. The molecule has 2 aromatic carbocycles. The molecule has 0 saturated carbocycles. The van der Waals surface area contributed by atoms with Crippen LogP contribution >= 0.6 is 0 Å². The van der Waals surface area contributed by atoms with Crippen LogP contribution in [0.2, 0.25) is 18.1 Å². The zero-order chi connectivity index (χ0) is 30.8. The van der Waals surface area contributed by atoms with E-state index < -0.39 is 8.32 Å². The molecule has 0 N–H and O–H groups in total. The molecule has 0 atom stereocenters. The minimum atomic E-state index is -1.90. The lowest BCUT2D eigenvalue weighted by atomic mass is 9.98. The fourth-order valence-electron chi connectivity index (χ4n) is 5.02. The summed E-state index contributed by atoms with van der Waals surface area (Å²) in [6, 6.07) is 20.4. The molecule has 1 amide bonds. The van der Waals surface area contributed by atoms with Gasteiger partial charge in [0.2, 0.25) is 0 Å². The van der Waals surface area contributed by atoms with Crippen molar-refractivity contribution in [3.05, 3.63) is 89.9 Å². The Balaban J connectivity index is 1.38. The molecule has 8 heteroatoms. The number of ether oxygens (including phenoxy) is 1. The quantitative estimate of drug-likeness (QED) is 0.175. The third-order valence-corrected chi connectivity index (χ3v) is 13.3. The van der Waals surface area contributed by atoms with Crippen LogP contribution in [0, 0.1) is 0 Å². The Morgan fingerprint density at radius 2 is 1.58 bits per heavy atom. The van der Waals surface area contributed by atoms with Gasteiger partial charge >= 0.3 is 0 Å². The molecule has 1 aliphatic heterocycles. The molecule has 2 aromatic heterocycles. The van der Waals surface area contributed by atoms with Crippen LogP contribution in [0.25, 0.3) is 22.4 Å². The third-order valence-electron chi connectivity index (χ3n) is 8.80. The summed E-state index contributed by atoms with van der Waals surface area (Å²) in [5.41, 5.74) is 6.53. The van der Waals surface area contributed by atoms with Crippen molar-refractivity contribution in [2.75, 3.05) is 19.7 Å². The summed E-state index contributed by atoms with van der Waals surface area (Å²) >= 11 is 0. The molecule has 0 unspecified atom stereocenters. The van der Waals surface area contributed by atoms with Crippen molar-refractivity contribution in [3.8, 4) is 28.1 Å². The number of hydrogen-bond donors (Lipinski definition) is 0. The molecule has 0 saturated heterocycles. The van der Waals surface area contributed by atoms with Gasteiger partial charge in [-0.05, 0) is 65.0 Å². The summed E-state index contributed by atoms with van der Waals surface area (Å²) in [4.78, 5) is 20.1. The Hall–Kier alpha value is -3.75. The van der Waals surface area contributed by atoms with Crippen molar-refractivity contribution in [1.29, 1.82) is 0 Å². The van der Waals surface area contributed by atoms with E-state index in [0.717, 1.165) is 33.7 Å². The van der Waals surface area contributed by atoms with Crippen molar-refractivity contribution < 1.29 is 14.0 Å². The molecule has 4 aromatic rings. The number of rotatable bonds is 10. The zero-order valence-corrected chi connectivity index (χ0v) is 27.6. The van der Waals surface area contributed by atoms with Crippen LogP contribution in [-0.2, 0) is 17.6 Å². The fourth-order valence-corrected chi connectivity index (χ4v) is 6.05. The standard InChI is InChI=1S/C35H44N4O3Si/c1-25(2)27-10-8-26(9-11-27)24-41-30-14-12-28(13-15-30)31-32(29-16-18-36-19-17-29)37-39-21-20-38(34(40)33(31)39)22-23-42-43(6,7)35(3,4)5/h8-19,25H,20-24H2,1-7H3. The smallest absolute Gasteiger partial charge is 0.272 e. The van der Waals surface area contributed by atoms with Crippen LogP contribution < -0.4 is 4.74 Å². The average Bonchev–Trinajstić information content (AvgIpc) is 3.38. The van der Waals surface area contributed by atoms with E-state index in [2.05, 4.69) is 77.0 Å². The van der Waals surface area contributed by atoms with Crippen molar-refractivity contribution in [3.63, 3.8) is 0 Å². The molecule has 7 nitrogen and oxygen atoms in total. The normalized spacial score (nSPS) is 13.9. The molecule has 3 heterocycles. The molecule has 5 rings (SSSR count). The van der Waals surface area contributed by atoms with E-state index in [1.54, 1.807) is 12.4 Å². The Labute approximate surface area is 257 Å². The van der Waals surface area contributed by atoms with Gasteiger partial charge in [-0.1, -0.05) is 71.0 Å². The fraction of sp³-hybridized carbons (Fsp3) is 0.400. The average molecular weight is 597 g/mol. The van der Waals surface area contributed by atoms with E-state index in [0.29, 0.717) is 44.5 Å². The summed E-state index contributed by atoms with van der Waals surface area (Å²) in [5.74, 6) is 1.26. The first-order chi connectivity index (χ1) is 20.4. The predicted molar refractivity (Wildman–Crippen MR) is 175 cm³/mol. The molecular weight excluding hydrogens is 552 g/mol. The van der Waals surface area contributed by atoms with Gasteiger partial charge in [-0.25, -0.2) is 0 Å². The van der Waals surface area contributed by atoms with Gasteiger partial charge < -0.3 is 14.1 Å². The number of carbonyl (C=O) groups is 1. The number of amides is 1. The molecule has 0 fully saturated rings. The van der Waals surface area contributed by atoms with E-state index in [1.807, 2.05) is 46.0 Å². The van der Waals surface area contributed by atoms with E-state index >= 15 is 0 Å². The molecule has 43 heavy (non-hydrogen) atoms. The zero-order valence-electron chi connectivity index (χ0n) is 26.6. The van der Waals surface area contributed by atoms with Crippen LogP contribution in [0.1, 0.15) is 62.2 Å². The van der Waals surface area contributed by atoms with Crippen LogP contribution in [0.3, 0.4) is 0 Å². The summed E-state index contributed by atoms with van der Waals surface area (Å²) < 4.78 is 14.4. The van der Waals surface area contributed by atoms with Crippen molar-refractivity contribution in [2.24, 2.45) is 0 Å². The van der Waals surface area contributed by atoms with Crippen LogP contribution in [-0.4, -0.2) is 53.6 Å². The van der Waals surface area contributed by atoms with Gasteiger partial charge in [0.15, 0.2) is 8.32 Å². The summed E-state index contributed by atoms with van der Waals surface area (Å²) in [6.45, 7) is 18.4. The van der Waals surface area contributed by atoms with Crippen LogP contribution in [0.4, 0.5) is 0 Å². The van der Waals surface area contributed by atoms with Gasteiger partial charge in [-0.3, -0.25) is 14.5 Å². The van der Waals surface area contributed by atoms with E-state index in [4.69, 9.17) is 14.3 Å². The molecule has 0 aliphatic carbocycles. The Morgan fingerprint density at radius 3 is 2.21 bits per heavy atom. The highest BCUT2D eigenvalue weighted by Gasteiger charge is 2.38. The summed E-state index contributed by atoms with van der Waals surface area (Å²) in [7, 11) is -1.90. The van der Waals surface area contributed by atoms with Crippen molar-refractivity contribution in [2.45, 2.75) is 71.8 Å². The van der Waals surface area contributed by atoms with E-state index in [1.165, 1.54) is 5.56 Å². The van der Waals surface area contributed by atoms with Crippen molar-refractivity contribution in [1.82, 2.24) is 19.7 Å². The van der Waals surface area contributed by atoms with E-state index in [-0.39, 0.29) is 10.9 Å². The maximum absolute atomic E-state index is 14.0. The molecule has 0 radical (unpaired) electrons. The molecule has 0 spiro atoms. The maximum Gasteiger partial charge on any atom is 0.272 e. The van der Waals surface area contributed by atoms with Crippen LogP contribution in [0.5, 0.6) is 5.75 Å². The SMILES string of the molecule is CC(C)c1ccc(COc2ccc(-c3c(-c4ccncc4)nn4c3C(=O)N(CCO[Si](C)(C)C(C)(C)C)CC4)cc2)cc1. The topological polar surface area (TPSA) is 69.5 Å². The molecule has 1 aliphatic rings. The number of carbonyl (C=O) groups excluding carboxylic acids is 1. The Bertz CT molecular complexity index is 1540. The van der Waals surface area contributed by atoms with E-state index in [9.17, 15) is 4.79 Å². The third kappa shape index (κ3) is 6.76. The predicted octanol–water partition coefficient (Wildman–Crippen LogP) is 7.79. The maximum atomic E-state index is 14.0. The minimum Gasteiger partial charge on any atom is -0.489 e. The first kappa shape index (κ1) is 30.7. The second-order valence-corrected chi connectivity index (χ2v) is 18.0. The highest BCUT2D eigenvalue weighted by Crippen LogP contribution is 2.38. The summed E-state index contributed by atoms with van der Waals surface area (Å²) in [6.07, 6.45) is 3.52. The summed E-state index contributed by atoms with van der Waals surface area (Å²) in [5, 5.41) is 5.06.